The summed E-state index contributed by atoms with van der Waals surface area (Å²) in [6.45, 7) is -0.0458. The Hall–Kier alpha value is -1.34. The normalized spacial score (nSPS) is 19.4. The Kier molecular flexibility index (Phi) is 4.49. The molecular weight excluding hydrogens is 280 g/mol. The van der Waals surface area contributed by atoms with Gasteiger partial charge in [-0.25, -0.2) is 13.1 Å². The maximum Gasteiger partial charge on any atom is 0.310 e. The molecule has 0 saturated heterocycles. The number of hydrogen-bond acceptors (Lipinski definition) is 3. The van der Waals surface area contributed by atoms with E-state index in [4.69, 9.17) is 0 Å². The van der Waals surface area contributed by atoms with Crippen molar-refractivity contribution in [3.63, 3.8) is 0 Å². The van der Waals surface area contributed by atoms with Gasteiger partial charge in [-0.15, -0.1) is 0 Å². The smallest absolute Gasteiger partial charge is 0.310 e. The monoisotopic (exact) mass is 300 g/mol. The highest BCUT2D eigenvalue weighted by Crippen LogP contribution is 2.35. The Balaban J connectivity index is 2.11. The molecule has 0 spiro atoms. The van der Waals surface area contributed by atoms with Crippen molar-refractivity contribution >= 4 is 16.0 Å². The third-order valence-corrected chi connectivity index (χ3v) is 5.39. The predicted octanol–water partition coefficient (Wildman–Crippen LogP) is 1.72. The van der Waals surface area contributed by atoms with Crippen molar-refractivity contribution in [2.75, 3.05) is 6.54 Å². The van der Waals surface area contributed by atoms with Crippen LogP contribution in [0, 0.1) is 5.41 Å². The van der Waals surface area contributed by atoms with Crippen LogP contribution in [0.3, 0.4) is 0 Å². The number of aromatic amines is 1. The van der Waals surface area contributed by atoms with Gasteiger partial charge in [-0.2, -0.15) is 0 Å². The van der Waals surface area contributed by atoms with Gasteiger partial charge in [-0.1, -0.05) is 25.7 Å². The first-order valence-corrected chi connectivity index (χ1v) is 8.30. The number of aliphatic carboxylic acids is 1. The fourth-order valence-electron chi connectivity index (χ4n) is 2.66. The molecule has 6 nitrogen and oxygen atoms in total. The number of sulfonamides is 1. The molecule has 0 atom stereocenters. The molecule has 2 rings (SSSR count). The zero-order valence-corrected chi connectivity index (χ0v) is 12.1. The summed E-state index contributed by atoms with van der Waals surface area (Å²) in [6, 6.07) is 1.45. The van der Waals surface area contributed by atoms with Crippen LogP contribution in [-0.2, 0) is 14.8 Å². The average molecular weight is 300 g/mol. The van der Waals surface area contributed by atoms with E-state index >= 15 is 0 Å². The molecule has 20 heavy (non-hydrogen) atoms. The molecule has 1 saturated carbocycles. The fraction of sp³-hybridized carbons (Fsp3) is 0.615. The summed E-state index contributed by atoms with van der Waals surface area (Å²) in [7, 11) is -3.64. The standard InChI is InChI=1S/C13H20N2O4S/c16-12(17)13(6-3-1-2-4-7-13)10-15-20(18,19)11-5-8-14-9-11/h5,8-9,14-15H,1-4,6-7,10H2,(H,16,17). The molecule has 112 valence electrons. The lowest BCUT2D eigenvalue weighted by molar-refractivity contribution is -0.149. The van der Waals surface area contributed by atoms with E-state index in [9.17, 15) is 18.3 Å². The molecule has 0 bridgehead atoms. The summed E-state index contributed by atoms with van der Waals surface area (Å²) in [6.07, 6.45) is 7.64. The Bertz CT molecular complexity index is 543. The molecule has 0 amide bonds. The molecule has 1 fully saturated rings. The van der Waals surface area contributed by atoms with Gasteiger partial charge >= 0.3 is 5.97 Å². The highest BCUT2D eigenvalue weighted by Gasteiger charge is 2.39. The van der Waals surface area contributed by atoms with Gasteiger partial charge in [0.1, 0.15) is 0 Å². The number of nitrogens with one attached hydrogen (secondary N) is 2. The largest absolute Gasteiger partial charge is 0.481 e. The molecule has 1 heterocycles. The second-order valence-corrected chi connectivity index (χ2v) is 7.14. The molecule has 0 radical (unpaired) electrons. The predicted molar refractivity (Wildman–Crippen MR) is 73.8 cm³/mol. The van der Waals surface area contributed by atoms with Crippen molar-refractivity contribution in [3.05, 3.63) is 18.5 Å². The first-order chi connectivity index (χ1) is 9.46. The molecular formula is C13H20N2O4S. The summed E-state index contributed by atoms with van der Waals surface area (Å²) < 4.78 is 26.6. The van der Waals surface area contributed by atoms with Crippen molar-refractivity contribution in [3.8, 4) is 0 Å². The number of carboxylic acid groups (broad SMARTS) is 1. The SMILES string of the molecule is O=C(O)C1(CNS(=O)(=O)c2cc[nH]c2)CCCCCC1. The summed E-state index contributed by atoms with van der Waals surface area (Å²) in [4.78, 5) is 14.4. The quantitative estimate of drug-likeness (QED) is 0.721. The molecule has 1 aliphatic carbocycles. The Labute approximate surface area is 118 Å². The van der Waals surface area contributed by atoms with Crippen molar-refractivity contribution in [1.82, 2.24) is 9.71 Å². The zero-order chi connectivity index (χ0) is 14.6. The van der Waals surface area contributed by atoms with E-state index in [1.54, 1.807) is 0 Å². The Morgan fingerprint density at radius 1 is 1.30 bits per heavy atom. The van der Waals surface area contributed by atoms with Crippen molar-refractivity contribution in [2.24, 2.45) is 5.41 Å². The lowest BCUT2D eigenvalue weighted by Crippen LogP contribution is -2.42. The third-order valence-electron chi connectivity index (χ3n) is 3.99. The summed E-state index contributed by atoms with van der Waals surface area (Å²) >= 11 is 0. The van der Waals surface area contributed by atoms with E-state index in [0.29, 0.717) is 12.8 Å². The van der Waals surface area contributed by atoms with E-state index < -0.39 is 21.4 Å². The van der Waals surface area contributed by atoms with Gasteiger partial charge in [0.2, 0.25) is 10.0 Å². The minimum absolute atomic E-state index is 0.0458. The van der Waals surface area contributed by atoms with Gasteiger partial charge in [0.05, 0.1) is 10.3 Å². The van der Waals surface area contributed by atoms with Crippen molar-refractivity contribution in [2.45, 2.75) is 43.4 Å². The molecule has 1 aromatic rings. The minimum Gasteiger partial charge on any atom is -0.481 e. The number of hydrogen-bond donors (Lipinski definition) is 3. The van der Waals surface area contributed by atoms with Crippen LogP contribution in [0.5, 0.6) is 0 Å². The first-order valence-electron chi connectivity index (χ1n) is 6.82. The van der Waals surface area contributed by atoms with Crippen LogP contribution in [0.2, 0.25) is 0 Å². The van der Waals surface area contributed by atoms with Gasteiger partial charge in [-0.3, -0.25) is 4.79 Å². The summed E-state index contributed by atoms with van der Waals surface area (Å²) in [5.41, 5.74) is -0.972. The first kappa shape index (κ1) is 15.1. The van der Waals surface area contributed by atoms with E-state index in [2.05, 4.69) is 9.71 Å². The van der Waals surface area contributed by atoms with E-state index in [-0.39, 0.29) is 11.4 Å². The van der Waals surface area contributed by atoms with Crippen LogP contribution in [0.25, 0.3) is 0 Å². The number of rotatable bonds is 5. The van der Waals surface area contributed by atoms with Crippen LogP contribution in [0.4, 0.5) is 0 Å². The molecule has 0 unspecified atom stereocenters. The summed E-state index contributed by atoms with van der Waals surface area (Å²) in [5, 5.41) is 9.50. The van der Waals surface area contributed by atoms with Gasteiger partial charge < -0.3 is 10.1 Å². The zero-order valence-electron chi connectivity index (χ0n) is 11.3. The second kappa shape index (κ2) is 5.97. The highest BCUT2D eigenvalue weighted by atomic mass is 32.2. The molecule has 3 N–H and O–H groups in total. The van der Waals surface area contributed by atoms with Gasteiger partial charge in [0.15, 0.2) is 0 Å². The number of H-pyrrole nitrogens is 1. The molecule has 1 aromatic heterocycles. The Morgan fingerprint density at radius 2 is 1.95 bits per heavy atom. The second-order valence-electron chi connectivity index (χ2n) is 5.37. The Morgan fingerprint density at radius 3 is 2.45 bits per heavy atom. The molecule has 0 aromatic carbocycles. The van der Waals surface area contributed by atoms with Crippen LogP contribution in [-0.4, -0.2) is 31.0 Å². The van der Waals surface area contributed by atoms with E-state index in [1.165, 1.54) is 18.5 Å². The lowest BCUT2D eigenvalue weighted by atomic mass is 9.80. The highest BCUT2D eigenvalue weighted by molar-refractivity contribution is 7.89. The van der Waals surface area contributed by atoms with Crippen LogP contribution < -0.4 is 4.72 Å². The maximum absolute atomic E-state index is 12.1. The lowest BCUT2D eigenvalue weighted by Gasteiger charge is -2.28. The van der Waals surface area contributed by atoms with Crippen molar-refractivity contribution < 1.29 is 18.3 Å². The number of carbonyl (C=O) groups is 1. The summed E-state index contributed by atoms with van der Waals surface area (Å²) in [5.74, 6) is -0.906. The maximum atomic E-state index is 12.1. The van der Waals surface area contributed by atoms with Gasteiger partial charge in [0.25, 0.3) is 0 Å². The van der Waals surface area contributed by atoms with Crippen molar-refractivity contribution in [1.29, 1.82) is 0 Å². The number of aromatic nitrogens is 1. The molecule has 7 heteroatoms. The van der Waals surface area contributed by atoms with Gasteiger partial charge in [-0.05, 0) is 18.9 Å². The van der Waals surface area contributed by atoms with E-state index in [0.717, 1.165) is 25.7 Å². The van der Waals surface area contributed by atoms with Crippen LogP contribution in [0.15, 0.2) is 23.4 Å². The third kappa shape index (κ3) is 3.21. The molecule has 0 aliphatic heterocycles. The van der Waals surface area contributed by atoms with Crippen LogP contribution in [0.1, 0.15) is 38.5 Å². The average Bonchev–Trinajstić information content (AvgIpc) is 2.83. The topological polar surface area (TPSA) is 99.3 Å². The van der Waals surface area contributed by atoms with Crippen LogP contribution >= 0.6 is 0 Å². The molecule has 1 aliphatic rings. The number of carboxylic acids is 1. The van der Waals surface area contributed by atoms with E-state index in [1.807, 2.05) is 0 Å². The minimum atomic E-state index is -3.64. The van der Waals surface area contributed by atoms with Gasteiger partial charge in [0, 0.05) is 18.9 Å². The fourth-order valence-corrected chi connectivity index (χ4v) is 3.77.